The zero-order chi connectivity index (χ0) is 17.2. The second-order valence-electron chi connectivity index (χ2n) is 5.77. The highest BCUT2D eigenvalue weighted by atomic mass is 35.5. The minimum atomic E-state index is -0.313. The number of aliphatic hydroxyl groups excluding tert-OH is 1. The van der Waals surface area contributed by atoms with E-state index in [1.807, 2.05) is 48.5 Å². The minimum Gasteiger partial charge on any atom is -0.487 e. The van der Waals surface area contributed by atoms with Gasteiger partial charge in [0.1, 0.15) is 12.4 Å². The van der Waals surface area contributed by atoms with Gasteiger partial charge in [0.2, 0.25) is 0 Å². The molecule has 0 saturated heterocycles. The molecule has 1 unspecified atom stereocenters. The van der Waals surface area contributed by atoms with E-state index in [4.69, 9.17) is 21.4 Å². The zero-order valence-corrected chi connectivity index (χ0v) is 17.2. The summed E-state index contributed by atoms with van der Waals surface area (Å²) in [7, 11) is 0. The third-order valence-corrected chi connectivity index (χ3v) is 3.78. The number of halogens is 3. The third-order valence-electron chi connectivity index (χ3n) is 3.48. The maximum Gasteiger partial charge on any atom is 0.138 e. The van der Waals surface area contributed by atoms with Crippen molar-refractivity contribution in [2.24, 2.45) is 0 Å². The number of ether oxygens (including phenoxy) is 1. The summed E-state index contributed by atoms with van der Waals surface area (Å²) in [6.45, 7) is 5.28. The van der Waals surface area contributed by atoms with Crippen molar-refractivity contribution in [3.63, 3.8) is 0 Å². The molecule has 3 N–H and O–H groups in total. The van der Waals surface area contributed by atoms with E-state index in [2.05, 4.69) is 10.6 Å². The monoisotopic (exact) mass is 420 g/mol. The number of nitrogens with one attached hydrogen (secondary N) is 2. The Morgan fingerprint density at radius 1 is 1.00 bits per heavy atom. The Bertz CT molecular complexity index is 613. The van der Waals surface area contributed by atoms with Crippen molar-refractivity contribution in [2.75, 3.05) is 19.6 Å². The van der Waals surface area contributed by atoms with E-state index in [-0.39, 0.29) is 30.9 Å². The first-order valence-corrected chi connectivity index (χ1v) is 8.57. The van der Waals surface area contributed by atoms with Crippen LogP contribution in [0.2, 0.25) is 5.02 Å². The molecule has 0 saturated carbocycles. The molecule has 0 heterocycles. The number of hydrogen-bond acceptors (Lipinski definition) is 4. The van der Waals surface area contributed by atoms with Crippen LogP contribution in [-0.2, 0) is 13.2 Å². The van der Waals surface area contributed by atoms with Gasteiger partial charge < -0.3 is 20.5 Å². The van der Waals surface area contributed by atoms with Crippen LogP contribution in [0.25, 0.3) is 0 Å². The van der Waals surface area contributed by atoms with Gasteiger partial charge in [-0.2, -0.15) is 0 Å². The predicted molar refractivity (Wildman–Crippen MR) is 113 cm³/mol. The molecule has 2 aromatic carbocycles. The Kier molecular flexibility index (Phi) is 13.6. The van der Waals surface area contributed by atoms with Crippen molar-refractivity contribution in [1.82, 2.24) is 10.6 Å². The quantitative estimate of drug-likeness (QED) is 0.510. The van der Waals surface area contributed by atoms with E-state index in [1.165, 1.54) is 0 Å². The summed E-state index contributed by atoms with van der Waals surface area (Å²) in [4.78, 5) is 0. The van der Waals surface area contributed by atoms with Crippen LogP contribution in [0.5, 0.6) is 5.75 Å². The molecule has 146 valence electrons. The number of hydrogen-bond donors (Lipinski definition) is 3. The van der Waals surface area contributed by atoms with Crippen LogP contribution in [0, 0.1) is 0 Å². The summed E-state index contributed by atoms with van der Waals surface area (Å²) in [5.41, 5.74) is 2.23. The smallest absolute Gasteiger partial charge is 0.138 e. The standard InChI is InChI=1S/C19H25ClN2O2.2ClH/c1-15(23)12-21-9-10-22-13-17-7-8-19(18(20)11-17)24-14-16-5-3-2-4-6-16;;/h2-8,11,15,21-23H,9-10,12-14H2,1H3;2*1H. The molecule has 0 aliphatic heterocycles. The van der Waals surface area contributed by atoms with Gasteiger partial charge in [0.25, 0.3) is 0 Å². The average Bonchev–Trinajstić information content (AvgIpc) is 2.58. The van der Waals surface area contributed by atoms with Gasteiger partial charge in [-0.3, -0.25) is 0 Å². The van der Waals surface area contributed by atoms with Gasteiger partial charge in [0, 0.05) is 26.2 Å². The Labute approximate surface area is 173 Å². The van der Waals surface area contributed by atoms with E-state index in [0.29, 0.717) is 23.9 Å². The molecule has 0 spiro atoms. The number of aliphatic hydroxyl groups is 1. The zero-order valence-electron chi connectivity index (χ0n) is 14.8. The van der Waals surface area contributed by atoms with Gasteiger partial charge in [-0.15, -0.1) is 24.8 Å². The second-order valence-corrected chi connectivity index (χ2v) is 6.18. The molecule has 0 aliphatic rings. The Morgan fingerprint density at radius 3 is 2.35 bits per heavy atom. The fourth-order valence-electron chi connectivity index (χ4n) is 2.23. The van der Waals surface area contributed by atoms with E-state index < -0.39 is 0 Å². The first-order chi connectivity index (χ1) is 11.6. The molecule has 2 rings (SSSR count). The SMILES string of the molecule is CC(O)CNCCNCc1ccc(OCc2ccccc2)c(Cl)c1.Cl.Cl. The second kappa shape index (κ2) is 14.1. The molecule has 2 aromatic rings. The van der Waals surface area contributed by atoms with E-state index >= 15 is 0 Å². The summed E-state index contributed by atoms with van der Waals surface area (Å²) >= 11 is 6.30. The molecule has 0 aromatic heterocycles. The van der Waals surface area contributed by atoms with Gasteiger partial charge in [0.05, 0.1) is 11.1 Å². The first kappa shape index (κ1) is 25.0. The molecule has 7 heteroatoms. The average molecular weight is 422 g/mol. The summed E-state index contributed by atoms with van der Waals surface area (Å²) in [6, 6.07) is 15.9. The lowest BCUT2D eigenvalue weighted by molar-refractivity contribution is 0.191. The van der Waals surface area contributed by atoms with Crippen molar-refractivity contribution < 1.29 is 9.84 Å². The van der Waals surface area contributed by atoms with Gasteiger partial charge in [-0.1, -0.05) is 48.0 Å². The van der Waals surface area contributed by atoms with Crippen LogP contribution in [0.1, 0.15) is 18.1 Å². The van der Waals surface area contributed by atoms with Crippen LogP contribution in [0.15, 0.2) is 48.5 Å². The summed E-state index contributed by atoms with van der Waals surface area (Å²) in [6.07, 6.45) is -0.313. The van der Waals surface area contributed by atoms with Crippen LogP contribution < -0.4 is 15.4 Å². The largest absolute Gasteiger partial charge is 0.487 e. The topological polar surface area (TPSA) is 53.5 Å². The molecule has 0 amide bonds. The van der Waals surface area contributed by atoms with E-state index in [1.54, 1.807) is 6.92 Å². The van der Waals surface area contributed by atoms with E-state index in [9.17, 15) is 0 Å². The lowest BCUT2D eigenvalue weighted by Crippen LogP contribution is -2.31. The molecule has 4 nitrogen and oxygen atoms in total. The van der Waals surface area contributed by atoms with Crippen LogP contribution in [0.3, 0.4) is 0 Å². The third kappa shape index (κ3) is 9.62. The summed E-state index contributed by atoms with van der Waals surface area (Å²) in [5, 5.41) is 16.3. The Balaban J connectivity index is 0.00000312. The fourth-order valence-corrected chi connectivity index (χ4v) is 2.48. The van der Waals surface area contributed by atoms with Gasteiger partial charge >= 0.3 is 0 Å². The summed E-state index contributed by atoms with van der Waals surface area (Å²) < 4.78 is 5.77. The molecular weight excluding hydrogens is 395 g/mol. The molecule has 0 fully saturated rings. The van der Waals surface area contributed by atoms with Crippen molar-refractivity contribution in [1.29, 1.82) is 0 Å². The van der Waals surface area contributed by atoms with Crippen molar-refractivity contribution in [2.45, 2.75) is 26.2 Å². The Morgan fingerprint density at radius 2 is 1.69 bits per heavy atom. The predicted octanol–water partition coefficient (Wildman–Crippen LogP) is 3.82. The highest BCUT2D eigenvalue weighted by Crippen LogP contribution is 2.26. The molecule has 1 atom stereocenters. The number of rotatable bonds is 10. The van der Waals surface area contributed by atoms with E-state index in [0.717, 1.165) is 30.8 Å². The van der Waals surface area contributed by atoms with Gasteiger partial charge in [0.15, 0.2) is 0 Å². The normalized spacial score (nSPS) is 11.2. The summed E-state index contributed by atoms with van der Waals surface area (Å²) in [5.74, 6) is 0.697. The van der Waals surface area contributed by atoms with Crippen molar-refractivity contribution >= 4 is 36.4 Å². The highest BCUT2D eigenvalue weighted by Gasteiger charge is 2.04. The molecule has 26 heavy (non-hydrogen) atoms. The first-order valence-electron chi connectivity index (χ1n) is 8.20. The van der Waals surface area contributed by atoms with Crippen LogP contribution in [-0.4, -0.2) is 30.8 Å². The van der Waals surface area contributed by atoms with Gasteiger partial charge in [-0.05, 0) is 30.2 Å². The maximum atomic E-state index is 9.15. The number of benzene rings is 2. The Hall–Kier alpha value is -1.01. The molecule has 0 radical (unpaired) electrons. The lowest BCUT2D eigenvalue weighted by Gasteiger charge is -2.11. The fraction of sp³-hybridized carbons (Fsp3) is 0.368. The van der Waals surface area contributed by atoms with Crippen molar-refractivity contribution in [3.8, 4) is 5.75 Å². The molecule has 0 aliphatic carbocycles. The lowest BCUT2D eigenvalue weighted by atomic mass is 10.2. The van der Waals surface area contributed by atoms with Crippen molar-refractivity contribution in [3.05, 3.63) is 64.7 Å². The van der Waals surface area contributed by atoms with Crippen LogP contribution in [0.4, 0.5) is 0 Å². The molecule has 0 bridgehead atoms. The van der Waals surface area contributed by atoms with Crippen LogP contribution >= 0.6 is 36.4 Å². The van der Waals surface area contributed by atoms with Gasteiger partial charge in [-0.25, -0.2) is 0 Å². The maximum absolute atomic E-state index is 9.15. The molecular formula is C19H27Cl3N2O2. The highest BCUT2D eigenvalue weighted by molar-refractivity contribution is 6.32. The minimum absolute atomic E-state index is 0.